The number of nitrogens with one attached hydrogen (secondary N) is 3. The zero-order valence-corrected chi connectivity index (χ0v) is 15.3. The predicted octanol–water partition coefficient (Wildman–Crippen LogP) is 3.62. The maximum Gasteiger partial charge on any atom is 0.125 e. The number of aliphatic imine (C=N–C) groups is 1. The van der Waals surface area contributed by atoms with Gasteiger partial charge in [-0.1, -0.05) is 6.07 Å². The Morgan fingerprint density at radius 2 is 2.00 bits per heavy atom. The first-order chi connectivity index (χ1) is 13.2. The molecule has 0 radical (unpaired) electrons. The molecule has 0 spiro atoms. The van der Waals surface area contributed by atoms with Crippen molar-refractivity contribution in [3.05, 3.63) is 48.4 Å². The number of nitrogens with zero attached hydrogens (tertiary/aromatic N) is 2. The molecule has 3 N–H and O–H groups in total. The molecule has 1 saturated heterocycles. The Bertz CT molecular complexity index is 943. The highest BCUT2D eigenvalue weighted by molar-refractivity contribution is 5.96. The van der Waals surface area contributed by atoms with Gasteiger partial charge in [0, 0.05) is 61.9 Å². The summed E-state index contributed by atoms with van der Waals surface area (Å²) in [6.45, 7) is 9.80. The minimum Gasteiger partial charge on any atom is -0.382 e. The van der Waals surface area contributed by atoms with Gasteiger partial charge in [-0.2, -0.15) is 0 Å². The van der Waals surface area contributed by atoms with E-state index in [9.17, 15) is 4.39 Å². The molecule has 1 aliphatic heterocycles. The van der Waals surface area contributed by atoms with Crippen LogP contribution in [0.5, 0.6) is 0 Å². The molecule has 1 fully saturated rings. The van der Waals surface area contributed by atoms with Gasteiger partial charge >= 0.3 is 0 Å². The lowest BCUT2D eigenvalue weighted by molar-refractivity contribution is 0.249. The molecular formula is C21H24FN5. The van der Waals surface area contributed by atoms with Gasteiger partial charge < -0.3 is 15.6 Å². The first-order valence-corrected chi connectivity index (χ1v) is 9.29. The van der Waals surface area contributed by atoms with Crippen molar-refractivity contribution in [1.29, 1.82) is 0 Å². The molecule has 5 nitrogen and oxygen atoms in total. The summed E-state index contributed by atoms with van der Waals surface area (Å²) in [4.78, 5) is 9.74. The minimum atomic E-state index is -0.239. The van der Waals surface area contributed by atoms with E-state index in [1.54, 1.807) is 0 Å². The Balaban J connectivity index is 1.55. The van der Waals surface area contributed by atoms with Crippen LogP contribution in [0, 0.1) is 5.82 Å². The zero-order valence-electron chi connectivity index (χ0n) is 15.3. The number of hydrogen-bond acceptors (Lipinski definition) is 4. The van der Waals surface area contributed by atoms with Crippen molar-refractivity contribution in [3.63, 3.8) is 0 Å². The van der Waals surface area contributed by atoms with Gasteiger partial charge in [-0.25, -0.2) is 4.39 Å². The Labute approximate surface area is 158 Å². The number of benzene rings is 2. The van der Waals surface area contributed by atoms with E-state index in [0.717, 1.165) is 72.7 Å². The van der Waals surface area contributed by atoms with Crippen LogP contribution in [0.2, 0.25) is 0 Å². The molecule has 0 aliphatic carbocycles. The smallest absolute Gasteiger partial charge is 0.125 e. The molecule has 6 heteroatoms. The van der Waals surface area contributed by atoms with Gasteiger partial charge in [0.1, 0.15) is 5.82 Å². The number of aromatic amines is 1. The minimum absolute atomic E-state index is 0.239. The zero-order chi connectivity index (χ0) is 18.6. The van der Waals surface area contributed by atoms with Crippen LogP contribution in [0.3, 0.4) is 0 Å². The molecule has 0 bridgehead atoms. The van der Waals surface area contributed by atoms with E-state index >= 15 is 0 Å². The fourth-order valence-electron chi connectivity index (χ4n) is 3.60. The summed E-state index contributed by atoms with van der Waals surface area (Å²) in [6, 6.07) is 10.9. The van der Waals surface area contributed by atoms with E-state index in [1.165, 1.54) is 12.1 Å². The van der Waals surface area contributed by atoms with Crippen molar-refractivity contribution in [2.75, 3.05) is 44.6 Å². The van der Waals surface area contributed by atoms with Crippen molar-refractivity contribution >= 4 is 29.0 Å². The highest BCUT2D eigenvalue weighted by atomic mass is 19.1. The molecule has 140 valence electrons. The Morgan fingerprint density at radius 3 is 2.81 bits per heavy atom. The molecule has 1 aromatic heterocycles. The van der Waals surface area contributed by atoms with Crippen LogP contribution in [0.25, 0.3) is 22.0 Å². The Morgan fingerprint density at radius 1 is 1.15 bits per heavy atom. The van der Waals surface area contributed by atoms with E-state index in [1.807, 2.05) is 24.4 Å². The fraction of sp³-hybridized carbons (Fsp3) is 0.286. The second-order valence-electron chi connectivity index (χ2n) is 6.80. The summed E-state index contributed by atoms with van der Waals surface area (Å²) in [5, 5.41) is 7.88. The number of H-pyrrole nitrogens is 1. The first kappa shape index (κ1) is 17.7. The predicted molar refractivity (Wildman–Crippen MR) is 111 cm³/mol. The number of hydrogen-bond donors (Lipinski definition) is 3. The van der Waals surface area contributed by atoms with Gasteiger partial charge in [0.25, 0.3) is 0 Å². The van der Waals surface area contributed by atoms with Gasteiger partial charge in [0.05, 0.1) is 11.4 Å². The topological polar surface area (TPSA) is 55.5 Å². The summed E-state index contributed by atoms with van der Waals surface area (Å²) in [6.07, 6.45) is 1.92. The van der Waals surface area contributed by atoms with E-state index < -0.39 is 0 Å². The maximum atomic E-state index is 13.4. The lowest BCUT2D eigenvalue weighted by Gasteiger charge is -2.27. The summed E-state index contributed by atoms with van der Waals surface area (Å²) in [7, 11) is 0. The maximum absolute atomic E-state index is 13.4. The lowest BCUT2D eigenvalue weighted by atomic mass is 10.0. The van der Waals surface area contributed by atoms with Crippen LogP contribution in [0.4, 0.5) is 15.8 Å². The quantitative estimate of drug-likeness (QED) is 0.585. The molecule has 2 heterocycles. The molecule has 27 heavy (non-hydrogen) atoms. The summed E-state index contributed by atoms with van der Waals surface area (Å²) >= 11 is 0. The van der Waals surface area contributed by atoms with E-state index in [0.29, 0.717) is 0 Å². The van der Waals surface area contributed by atoms with E-state index in [-0.39, 0.29) is 5.82 Å². The van der Waals surface area contributed by atoms with Crippen molar-refractivity contribution in [3.8, 4) is 11.1 Å². The van der Waals surface area contributed by atoms with Gasteiger partial charge in [0.2, 0.25) is 0 Å². The van der Waals surface area contributed by atoms with Gasteiger partial charge in [-0.05, 0) is 42.6 Å². The number of halogens is 1. The third kappa shape index (κ3) is 3.86. The summed E-state index contributed by atoms with van der Waals surface area (Å²) < 4.78 is 13.4. The third-order valence-electron chi connectivity index (χ3n) is 5.07. The standard InChI is InChI=1S/C21H24FN5/c1-23-19-5-2-15(18-14-26-20-13-16(22)3-4-17(18)20)12-21(19)25-8-11-27-9-6-24-7-10-27/h2-5,12-14,24-26H,1,6-11H2. The third-order valence-corrected chi connectivity index (χ3v) is 5.07. The SMILES string of the molecule is C=Nc1ccc(-c2c[nH]c3cc(F)ccc23)cc1NCCN1CCNCC1. The number of aromatic nitrogens is 1. The Kier molecular flexibility index (Phi) is 5.18. The van der Waals surface area contributed by atoms with Crippen LogP contribution in [0.1, 0.15) is 0 Å². The molecular weight excluding hydrogens is 341 g/mol. The van der Waals surface area contributed by atoms with Crippen molar-refractivity contribution in [1.82, 2.24) is 15.2 Å². The largest absolute Gasteiger partial charge is 0.382 e. The van der Waals surface area contributed by atoms with Crippen LogP contribution in [0.15, 0.2) is 47.6 Å². The fourth-order valence-corrected chi connectivity index (χ4v) is 3.60. The van der Waals surface area contributed by atoms with Crippen LogP contribution in [-0.4, -0.2) is 55.9 Å². The molecule has 0 saturated carbocycles. The molecule has 0 unspecified atom stereocenters. The van der Waals surface area contributed by atoms with E-state index in [4.69, 9.17) is 0 Å². The summed E-state index contributed by atoms with van der Waals surface area (Å²) in [5.74, 6) is -0.239. The Hall–Kier alpha value is -2.70. The first-order valence-electron chi connectivity index (χ1n) is 9.29. The van der Waals surface area contributed by atoms with Crippen molar-refractivity contribution in [2.45, 2.75) is 0 Å². The number of anilines is 1. The molecule has 4 rings (SSSR count). The van der Waals surface area contributed by atoms with Gasteiger partial charge in [0.15, 0.2) is 0 Å². The molecule has 1 aliphatic rings. The van der Waals surface area contributed by atoms with E-state index in [2.05, 4.69) is 38.3 Å². The lowest BCUT2D eigenvalue weighted by Crippen LogP contribution is -2.45. The summed E-state index contributed by atoms with van der Waals surface area (Å²) in [5.41, 5.74) is 4.71. The van der Waals surface area contributed by atoms with Crippen LogP contribution >= 0.6 is 0 Å². The number of piperazine rings is 1. The number of fused-ring (bicyclic) bond motifs is 1. The second-order valence-corrected chi connectivity index (χ2v) is 6.80. The van der Waals surface area contributed by atoms with Gasteiger partial charge in [-0.15, -0.1) is 0 Å². The number of rotatable bonds is 6. The highest BCUT2D eigenvalue weighted by Gasteiger charge is 2.11. The molecule has 0 atom stereocenters. The van der Waals surface area contributed by atoms with Crippen molar-refractivity contribution in [2.24, 2.45) is 4.99 Å². The average molecular weight is 365 g/mol. The van der Waals surface area contributed by atoms with Crippen LogP contribution < -0.4 is 10.6 Å². The monoisotopic (exact) mass is 365 g/mol. The van der Waals surface area contributed by atoms with Gasteiger partial charge in [-0.3, -0.25) is 9.89 Å². The second kappa shape index (κ2) is 7.90. The normalized spacial score (nSPS) is 15.1. The van der Waals surface area contributed by atoms with Crippen LogP contribution in [-0.2, 0) is 0 Å². The van der Waals surface area contributed by atoms with Crippen molar-refractivity contribution < 1.29 is 4.39 Å². The average Bonchev–Trinajstić information content (AvgIpc) is 3.11. The molecule has 3 aromatic rings. The highest BCUT2D eigenvalue weighted by Crippen LogP contribution is 2.34. The molecule has 0 amide bonds. The molecule has 2 aromatic carbocycles.